The second-order valence-electron chi connectivity index (χ2n) is 8.31. The van der Waals surface area contributed by atoms with Crippen LogP contribution in [-0.4, -0.2) is 40.1 Å². The summed E-state index contributed by atoms with van der Waals surface area (Å²) in [6.07, 6.45) is 1.01. The minimum Gasteiger partial charge on any atom is -0.493 e. The van der Waals surface area contributed by atoms with Crippen LogP contribution >= 0.6 is 27.7 Å². The Hall–Kier alpha value is -2.98. The Labute approximate surface area is 224 Å². The number of thioether (sulfide) groups is 1. The number of aromatic nitrogens is 3. The third-order valence-corrected chi connectivity index (χ3v) is 7.40. The number of anilines is 2. The number of ether oxygens (including phenoxy) is 2. The Morgan fingerprint density at radius 1 is 1.25 bits per heavy atom. The molecule has 1 aliphatic heterocycles. The first kappa shape index (κ1) is 26.1. The molecule has 8 nitrogen and oxygen atoms in total. The quantitative estimate of drug-likeness (QED) is 0.296. The smallest absolute Gasteiger partial charge is 0.255 e. The van der Waals surface area contributed by atoms with Crippen molar-refractivity contribution in [3.63, 3.8) is 0 Å². The van der Waals surface area contributed by atoms with Crippen LogP contribution in [0.2, 0.25) is 0 Å². The van der Waals surface area contributed by atoms with Crippen molar-refractivity contribution in [2.24, 2.45) is 0 Å². The van der Waals surface area contributed by atoms with E-state index in [2.05, 4.69) is 38.5 Å². The number of halogens is 1. The highest BCUT2D eigenvalue weighted by Gasteiger charge is 2.35. The summed E-state index contributed by atoms with van der Waals surface area (Å²) in [7, 11) is 1.60. The van der Waals surface area contributed by atoms with Gasteiger partial charge in [-0.3, -0.25) is 4.79 Å². The molecule has 4 rings (SSSR count). The van der Waals surface area contributed by atoms with Crippen LogP contribution in [0.5, 0.6) is 11.5 Å². The highest BCUT2D eigenvalue weighted by Crippen LogP contribution is 2.43. The lowest BCUT2D eigenvalue weighted by Gasteiger charge is -2.29. The van der Waals surface area contributed by atoms with E-state index in [0.29, 0.717) is 40.5 Å². The molecule has 36 heavy (non-hydrogen) atoms. The second kappa shape index (κ2) is 11.4. The fraction of sp³-hybridized carbons (Fsp3) is 0.346. The molecule has 0 radical (unpaired) electrons. The highest BCUT2D eigenvalue weighted by atomic mass is 79.9. The zero-order valence-corrected chi connectivity index (χ0v) is 23.4. The molecule has 0 bridgehead atoms. The topological polar surface area (TPSA) is 90.3 Å². The fourth-order valence-corrected chi connectivity index (χ4v) is 5.33. The summed E-state index contributed by atoms with van der Waals surface area (Å²) < 4.78 is 14.0. The van der Waals surface area contributed by atoms with E-state index in [-0.39, 0.29) is 5.91 Å². The molecule has 0 spiro atoms. The minimum atomic E-state index is -0.533. The van der Waals surface area contributed by atoms with Gasteiger partial charge in [-0.05, 0) is 72.4 Å². The van der Waals surface area contributed by atoms with Gasteiger partial charge in [-0.25, -0.2) is 4.68 Å². The first-order valence-electron chi connectivity index (χ1n) is 11.8. The SMILES string of the molecule is CCCSc1nc2n(n1)C(c1cc(Br)c(OCC)c(OC)c1)C(C(=O)Nc1ccccc1C)=C(C)N2. The Morgan fingerprint density at radius 2 is 2.03 bits per heavy atom. The van der Waals surface area contributed by atoms with E-state index in [4.69, 9.17) is 14.6 Å². The number of benzene rings is 2. The van der Waals surface area contributed by atoms with Gasteiger partial charge in [-0.2, -0.15) is 4.98 Å². The van der Waals surface area contributed by atoms with Gasteiger partial charge < -0.3 is 20.1 Å². The summed E-state index contributed by atoms with van der Waals surface area (Å²) >= 11 is 5.22. The summed E-state index contributed by atoms with van der Waals surface area (Å²) in [5.74, 6) is 2.46. The van der Waals surface area contributed by atoms with Crippen molar-refractivity contribution < 1.29 is 14.3 Å². The number of amides is 1. The predicted octanol–water partition coefficient (Wildman–Crippen LogP) is 6.19. The number of allylic oxidation sites excluding steroid dienone is 1. The number of hydrogen-bond acceptors (Lipinski definition) is 7. The maximum atomic E-state index is 13.8. The zero-order chi connectivity index (χ0) is 25.8. The Morgan fingerprint density at radius 3 is 2.72 bits per heavy atom. The van der Waals surface area contributed by atoms with Gasteiger partial charge in [0.05, 0.1) is 23.8 Å². The van der Waals surface area contributed by atoms with E-state index in [1.807, 2.05) is 57.2 Å². The normalized spacial score (nSPS) is 14.8. The standard InChI is InChI=1S/C26H30BrN5O3S/c1-6-12-36-26-30-25-28-16(4)21(24(33)29-19-11-9-8-10-15(19)3)22(32(25)31-26)17-13-18(27)23(35-7-2)20(14-17)34-5/h8-11,13-14,22H,6-7,12H2,1-5H3,(H,29,33)(H,28,30,31). The van der Waals surface area contributed by atoms with Crippen molar-refractivity contribution in [2.75, 3.05) is 30.1 Å². The van der Waals surface area contributed by atoms with Crippen molar-refractivity contribution in [1.29, 1.82) is 0 Å². The number of rotatable bonds is 9. The van der Waals surface area contributed by atoms with Gasteiger partial charge in [-0.1, -0.05) is 36.9 Å². The fourth-order valence-electron chi connectivity index (χ4n) is 4.07. The number of nitrogens with zero attached hydrogens (tertiary/aromatic N) is 3. The Kier molecular flexibility index (Phi) is 8.25. The number of carbonyl (C=O) groups excluding carboxylic acids is 1. The first-order valence-corrected chi connectivity index (χ1v) is 13.6. The Balaban J connectivity index is 1.84. The van der Waals surface area contributed by atoms with Crippen LogP contribution in [0.15, 0.2) is 57.3 Å². The van der Waals surface area contributed by atoms with Crippen molar-refractivity contribution >= 4 is 45.2 Å². The lowest BCUT2D eigenvalue weighted by Crippen LogP contribution is -2.31. The summed E-state index contributed by atoms with van der Waals surface area (Å²) in [5.41, 5.74) is 3.81. The molecule has 0 aliphatic carbocycles. The summed E-state index contributed by atoms with van der Waals surface area (Å²) in [6.45, 7) is 8.39. The first-order chi connectivity index (χ1) is 17.4. The molecule has 2 heterocycles. The van der Waals surface area contributed by atoms with Crippen LogP contribution < -0.4 is 20.1 Å². The summed E-state index contributed by atoms with van der Waals surface area (Å²) in [4.78, 5) is 18.5. The number of para-hydroxylation sites is 1. The number of carbonyl (C=O) groups is 1. The predicted molar refractivity (Wildman–Crippen MR) is 147 cm³/mol. The van der Waals surface area contributed by atoms with E-state index in [1.54, 1.807) is 23.6 Å². The van der Waals surface area contributed by atoms with Gasteiger partial charge in [0.1, 0.15) is 6.04 Å². The van der Waals surface area contributed by atoms with Gasteiger partial charge in [0.15, 0.2) is 11.5 Å². The van der Waals surface area contributed by atoms with E-state index in [1.165, 1.54) is 0 Å². The van der Waals surface area contributed by atoms with E-state index < -0.39 is 6.04 Å². The molecule has 3 aromatic rings. The van der Waals surface area contributed by atoms with Gasteiger partial charge in [0, 0.05) is 17.1 Å². The molecule has 2 aromatic carbocycles. The minimum absolute atomic E-state index is 0.216. The van der Waals surface area contributed by atoms with Crippen LogP contribution in [0.3, 0.4) is 0 Å². The van der Waals surface area contributed by atoms with E-state index in [9.17, 15) is 4.79 Å². The molecule has 0 fully saturated rings. The molecule has 1 aromatic heterocycles. The molecule has 0 saturated heterocycles. The Bertz CT molecular complexity index is 1310. The summed E-state index contributed by atoms with van der Waals surface area (Å²) in [6, 6.07) is 11.0. The van der Waals surface area contributed by atoms with Crippen LogP contribution in [0.4, 0.5) is 11.6 Å². The second-order valence-corrected chi connectivity index (χ2v) is 10.2. The van der Waals surface area contributed by atoms with Crippen LogP contribution in [0.25, 0.3) is 0 Å². The van der Waals surface area contributed by atoms with Gasteiger partial charge in [-0.15, -0.1) is 5.10 Å². The number of methoxy groups -OCH3 is 1. The van der Waals surface area contributed by atoms with Crippen molar-refractivity contribution in [3.05, 3.63) is 63.3 Å². The van der Waals surface area contributed by atoms with Crippen molar-refractivity contribution in [2.45, 2.75) is 45.3 Å². The number of aryl methyl sites for hydroxylation is 1. The monoisotopic (exact) mass is 571 g/mol. The molecule has 1 atom stereocenters. The average Bonchev–Trinajstić information content (AvgIpc) is 3.26. The van der Waals surface area contributed by atoms with Crippen LogP contribution in [0, 0.1) is 6.92 Å². The average molecular weight is 573 g/mol. The molecular formula is C26H30BrN5O3S. The lowest BCUT2D eigenvalue weighted by atomic mass is 9.94. The van der Waals surface area contributed by atoms with Crippen molar-refractivity contribution in [1.82, 2.24) is 14.8 Å². The largest absolute Gasteiger partial charge is 0.493 e. The number of fused-ring (bicyclic) bond motifs is 1. The van der Waals surface area contributed by atoms with Gasteiger partial charge >= 0.3 is 0 Å². The molecule has 10 heteroatoms. The molecule has 0 saturated carbocycles. The molecule has 190 valence electrons. The maximum Gasteiger partial charge on any atom is 0.255 e. The molecule has 1 amide bonds. The molecule has 1 aliphatic rings. The van der Waals surface area contributed by atoms with Crippen LogP contribution in [-0.2, 0) is 4.79 Å². The van der Waals surface area contributed by atoms with Gasteiger partial charge in [0.25, 0.3) is 5.91 Å². The van der Waals surface area contributed by atoms with Crippen molar-refractivity contribution in [3.8, 4) is 11.5 Å². The van der Waals surface area contributed by atoms with Gasteiger partial charge in [0.2, 0.25) is 11.1 Å². The number of nitrogens with one attached hydrogen (secondary N) is 2. The third-order valence-electron chi connectivity index (χ3n) is 5.76. The zero-order valence-electron chi connectivity index (χ0n) is 21.0. The highest BCUT2D eigenvalue weighted by molar-refractivity contribution is 9.10. The maximum absolute atomic E-state index is 13.8. The van der Waals surface area contributed by atoms with E-state index in [0.717, 1.165) is 33.5 Å². The van der Waals surface area contributed by atoms with Crippen LogP contribution in [0.1, 0.15) is 44.4 Å². The van der Waals surface area contributed by atoms with E-state index >= 15 is 0 Å². The third kappa shape index (κ3) is 5.24. The summed E-state index contributed by atoms with van der Waals surface area (Å²) in [5, 5.41) is 11.8. The lowest BCUT2D eigenvalue weighted by molar-refractivity contribution is -0.113. The molecule has 1 unspecified atom stereocenters. The molecular weight excluding hydrogens is 542 g/mol. The molecule has 2 N–H and O–H groups in total. The number of hydrogen-bond donors (Lipinski definition) is 2.